The van der Waals surface area contributed by atoms with Gasteiger partial charge in [0.1, 0.15) is 5.75 Å². The van der Waals surface area contributed by atoms with E-state index in [1.54, 1.807) is 0 Å². The molecule has 0 radical (unpaired) electrons. The van der Waals surface area contributed by atoms with Crippen LogP contribution in [-0.2, 0) is 0 Å². The molecule has 2 N–H and O–H groups in total. The standard InChI is InChI=1S/C16H27NO/c1-6-18-15-8-7-13(11-12(15)2)14(9-10-17)16(3,4)5/h7-8,11,14H,6,9-10,17H2,1-5H3. The van der Waals surface area contributed by atoms with Crippen molar-refractivity contribution in [2.45, 2.75) is 47.0 Å². The van der Waals surface area contributed by atoms with Gasteiger partial charge in [0.05, 0.1) is 6.61 Å². The lowest BCUT2D eigenvalue weighted by atomic mass is 9.74. The third-order valence-corrected chi connectivity index (χ3v) is 3.40. The molecular weight excluding hydrogens is 222 g/mol. The highest BCUT2D eigenvalue weighted by Crippen LogP contribution is 2.38. The summed E-state index contributed by atoms with van der Waals surface area (Å²) in [4.78, 5) is 0. The van der Waals surface area contributed by atoms with Gasteiger partial charge < -0.3 is 10.5 Å². The van der Waals surface area contributed by atoms with Crippen molar-refractivity contribution in [1.82, 2.24) is 0 Å². The summed E-state index contributed by atoms with van der Waals surface area (Å²) in [6.07, 6.45) is 1.02. The van der Waals surface area contributed by atoms with Crippen LogP contribution >= 0.6 is 0 Å². The molecule has 0 aromatic heterocycles. The molecule has 0 spiro atoms. The van der Waals surface area contributed by atoms with Gasteiger partial charge >= 0.3 is 0 Å². The molecule has 0 heterocycles. The SMILES string of the molecule is CCOc1ccc(C(CCN)C(C)(C)C)cc1C. The fourth-order valence-electron chi connectivity index (χ4n) is 2.47. The fourth-order valence-corrected chi connectivity index (χ4v) is 2.47. The first-order valence-corrected chi connectivity index (χ1v) is 6.83. The van der Waals surface area contributed by atoms with Gasteiger partial charge in [0, 0.05) is 0 Å². The van der Waals surface area contributed by atoms with Crippen molar-refractivity contribution < 1.29 is 4.74 Å². The molecule has 0 aliphatic carbocycles. The predicted molar refractivity (Wildman–Crippen MR) is 78.2 cm³/mol. The molecule has 0 saturated carbocycles. The monoisotopic (exact) mass is 249 g/mol. The van der Waals surface area contributed by atoms with Crippen molar-refractivity contribution in [3.8, 4) is 5.75 Å². The molecule has 1 aromatic carbocycles. The highest BCUT2D eigenvalue weighted by molar-refractivity contribution is 5.38. The van der Waals surface area contributed by atoms with Gasteiger partial charge in [0.15, 0.2) is 0 Å². The summed E-state index contributed by atoms with van der Waals surface area (Å²) >= 11 is 0. The van der Waals surface area contributed by atoms with E-state index in [0.29, 0.717) is 12.5 Å². The molecule has 1 rings (SSSR count). The van der Waals surface area contributed by atoms with Gasteiger partial charge in [-0.1, -0.05) is 32.9 Å². The number of benzene rings is 1. The second-order valence-electron chi connectivity index (χ2n) is 5.95. The Morgan fingerprint density at radius 1 is 1.28 bits per heavy atom. The summed E-state index contributed by atoms with van der Waals surface area (Å²) in [5, 5.41) is 0. The number of hydrogen-bond acceptors (Lipinski definition) is 2. The van der Waals surface area contributed by atoms with Gasteiger partial charge in [-0.15, -0.1) is 0 Å². The quantitative estimate of drug-likeness (QED) is 0.859. The van der Waals surface area contributed by atoms with Crippen molar-refractivity contribution in [2.75, 3.05) is 13.2 Å². The molecule has 18 heavy (non-hydrogen) atoms. The maximum Gasteiger partial charge on any atom is 0.122 e. The first kappa shape index (κ1) is 15.0. The highest BCUT2D eigenvalue weighted by Gasteiger charge is 2.25. The van der Waals surface area contributed by atoms with Crippen LogP contribution in [0.15, 0.2) is 18.2 Å². The molecule has 1 unspecified atom stereocenters. The maximum atomic E-state index is 5.75. The molecule has 102 valence electrons. The Balaban J connectivity index is 3.03. The van der Waals surface area contributed by atoms with Crippen LogP contribution < -0.4 is 10.5 Å². The Morgan fingerprint density at radius 2 is 1.94 bits per heavy atom. The normalized spacial score (nSPS) is 13.4. The van der Waals surface area contributed by atoms with Gasteiger partial charge in [-0.3, -0.25) is 0 Å². The average Bonchev–Trinajstić information content (AvgIpc) is 2.27. The summed E-state index contributed by atoms with van der Waals surface area (Å²) in [6.45, 7) is 12.4. The third kappa shape index (κ3) is 3.74. The molecule has 2 heteroatoms. The number of aryl methyl sites for hydroxylation is 1. The predicted octanol–water partition coefficient (Wildman–Crippen LogP) is 3.87. The molecular formula is C16H27NO. The molecule has 1 aromatic rings. The van der Waals surface area contributed by atoms with E-state index in [-0.39, 0.29) is 5.41 Å². The van der Waals surface area contributed by atoms with Crippen LogP contribution in [0.5, 0.6) is 5.75 Å². The maximum absolute atomic E-state index is 5.75. The second kappa shape index (κ2) is 6.24. The lowest BCUT2D eigenvalue weighted by molar-refractivity contribution is 0.306. The Kier molecular flexibility index (Phi) is 5.21. The van der Waals surface area contributed by atoms with Gasteiger partial charge in [-0.25, -0.2) is 0 Å². The third-order valence-electron chi connectivity index (χ3n) is 3.40. The number of hydrogen-bond donors (Lipinski definition) is 1. The van der Waals surface area contributed by atoms with Crippen molar-refractivity contribution >= 4 is 0 Å². The van der Waals surface area contributed by atoms with Crippen molar-refractivity contribution in [1.29, 1.82) is 0 Å². The molecule has 0 bridgehead atoms. The summed E-state index contributed by atoms with van der Waals surface area (Å²) in [6, 6.07) is 6.52. The van der Waals surface area contributed by atoms with Crippen molar-refractivity contribution in [3.63, 3.8) is 0 Å². The zero-order chi connectivity index (χ0) is 13.8. The van der Waals surface area contributed by atoms with Crippen LogP contribution in [-0.4, -0.2) is 13.2 Å². The average molecular weight is 249 g/mol. The van der Waals surface area contributed by atoms with E-state index < -0.39 is 0 Å². The summed E-state index contributed by atoms with van der Waals surface area (Å²) in [7, 11) is 0. The molecule has 0 fully saturated rings. The largest absolute Gasteiger partial charge is 0.494 e. The topological polar surface area (TPSA) is 35.2 Å². The van der Waals surface area contributed by atoms with E-state index in [2.05, 4.69) is 45.9 Å². The summed E-state index contributed by atoms with van der Waals surface area (Å²) in [5.41, 5.74) is 8.57. The fraction of sp³-hybridized carbons (Fsp3) is 0.625. The highest BCUT2D eigenvalue weighted by atomic mass is 16.5. The minimum Gasteiger partial charge on any atom is -0.494 e. The molecule has 2 nitrogen and oxygen atoms in total. The van der Waals surface area contributed by atoms with Crippen molar-refractivity contribution in [3.05, 3.63) is 29.3 Å². The van der Waals surface area contributed by atoms with E-state index in [4.69, 9.17) is 10.5 Å². The first-order valence-electron chi connectivity index (χ1n) is 6.83. The zero-order valence-electron chi connectivity index (χ0n) is 12.4. The van der Waals surface area contributed by atoms with E-state index in [0.717, 1.165) is 18.7 Å². The molecule has 0 aliphatic rings. The molecule has 0 aliphatic heterocycles. The van der Waals surface area contributed by atoms with Crippen LogP contribution in [0.2, 0.25) is 0 Å². The van der Waals surface area contributed by atoms with E-state index >= 15 is 0 Å². The van der Waals surface area contributed by atoms with Crippen LogP contribution in [0.4, 0.5) is 0 Å². The van der Waals surface area contributed by atoms with Crippen LogP contribution in [0.1, 0.15) is 51.2 Å². The number of nitrogens with two attached hydrogens (primary N) is 1. The van der Waals surface area contributed by atoms with Crippen LogP contribution in [0, 0.1) is 12.3 Å². The Morgan fingerprint density at radius 3 is 2.39 bits per heavy atom. The lowest BCUT2D eigenvalue weighted by Gasteiger charge is -2.31. The smallest absolute Gasteiger partial charge is 0.122 e. The molecule has 0 saturated heterocycles. The van der Waals surface area contributed by atoms with Crippen LogP contribution in [0.3, 0.4) is 0 Å². The first-order chi connectivity index (χ1) is 8.40. The van der Waals surface area contributed by atoms with Gasteiger partial charge in [-0.2, -0.15) is 0 Å². The minimum atomic E-state index is 0.235. The molecule has 0 amide bonds. The number of rotatable bonds is 5. The summed E-state index contributed by atoms with van der Waals surface area (Å²) < 4.78 is 5.59. The zero-order valence-corrected chi connectivity index (χ0v) is 12.4. The van der Waals surface area contributed by atoms with Gasteiger partial charge in [0.25, 0.3) is 0 Å². The number of ether oxygens (including phenoxy) is 1. The van der Waals surface area contributed by atoms with E-state index in [9.17, 15) is 0 Å². The Bertz CT molecular complexity index is 379. The second-order valence-corrected chi connectivity index (χ2v) is 5.95. The van der Waals surface area contributed by atoms with E-state index in [1.165, 1.54) is 11.1 Å². The van der Waals surface area contributed by atoms with Crippen molar-refractivity contribution in [2.24, 2.45) is 11.1 Å². The molecule has 1 atom stereocenters. The lowest BCUT2D eigenvalue weighted by Crippen LogP contribution is -2.21. The minimum absolute atomic E-state index is 0.235. The van der Waals surface area contributed by atoms with Gasteiger partial charge in [0.2, 0.25) is 0 Å². The van der Waals surface area contributed by atoms with Gasteiger partial charge in [-0.05, 0) is 55.3 Å². The Hall–Kier alpha value is -1.02. The summed E-state index contributed by atoms with van der Waals surface area (Å²) in [5.74, 6) is 1.48. The van der Waals surface area contributed by atoms with E-state index in [1.807, 2.05) is 6.92 Å². The Labute approximate surface area is 112 Å². The van der Waals surface area contributed by atoms with Crippen LogP contribution in [0.25, 0.3) is 0 Å².